The molecule has 1 unspecified atom stereocenters. The minimum atomic E-state index is 0.556. The number of anilines is 1. The molecule has 0 amide bonds. The van der Waals surface area contributed by atoms with E-state index in [4.69, 9.17) is 4.98 Å². The summed E-state index contributed by atoms with van der Waals surface area (Å²) in [6.07, 6.45) is 5.72. The van der Waals surface area contributed by atoms with Gasteiger partial charge in [0.25, 0.3) is 0 Å². The van der Waals surface area contributed by atoms with Gasteiger partial charge in [-0.1, -0.05) is 20.3 Å². The third-order valence-electron chi connectivity index (χ3n) is 3.57. The Bertz CT molecular complexity index is 372. The lowest BCUT2D eigenvalue weighted by Gasteiger charge is -2.33. The minimum Gasteiger partial charge on any atom is -0.339 e. The number of nitrogens with zero attached hydrogens (tertiary/aromatic N) is 3. The maximum atomic E-state index is 4.80. The van der Waals surface area contributed by atoms with E-state index in [2.05, 4.69) is 41.8 Å². The molecule has 4 heteroatoms. The van der Waals surface area contributed by atoms with Crippen molar-refractivity contribution in [1.82, 2.24) is 14.9 Å². The van der Waals surface area contributed by atoms with Gasteiger partial charge in [-0.2, -0.15) is 0 Å². The third-order valence-corrected chi connectivity index (χ3v) is 3.57. The third kappa shape index (κ3) is 3.05. The Balaban J connectivity index is 2.15. The molecule has 1 aliphatic rings. The Morgan fingerprint density at radius 3 is 2.94 bits per heavy atom. The highest BCUT2D eigenvalue weighted by Gasteiger charge is 2.20. The van der Waals surface area contributed by atoms with E-state index in [-0.39, 0.29) is 0 Å². The fourth-order valence-electron chi connectivity index (χ4n) is 2.49. The molecule has 0 aromatic carbocycles. The number of piperazine rings is 1. The van der Waals surface area contributed by atoms with E-state index < -0.39 is 0 Å². The van der Waals surface area contributed by atoms with Gasteiger partial charge in [0.15, 0.2) is 0 Å². The van der Waals surface area contributed by atoms with Crippen molar-refractivity contribution in [2.45, 2.75) is 52.6 Å². The Morgan fingerprint density at radius 1 is 1.44 bits per heavy atom. The molecule has 0 spiro atoms. The standard InChI is InChI=1S/C14H26N4/c1-4-6-8-17-11-13(5-2)16-14(17)18-9-7-15-12(3)10-18/h11-12,15H,4-10H2,1-3H3. The zero-order chi connectivity index (χ0) is 13.0. The predicted molar refractivity (Wildman–Crippen MR) is 76.2 cm³/mol. The molecule has 1 saturated heterocycles. The van der Waals surface area contributed by atoms with E-state index in [1.165, 1.54) is 24.5 Å². The molecule has 18 heavy (non-hydrogen) atoms. The van der Waals surface area contributed by atoms with Gasteiger partial charge >= 0.3 is 0 Å². The lowest BCUT2D eigenvalue weighted by Crippen LogP contribution is -2.50. The van der Waals surface area contributed by atoms with Gasteiger partial charge in [0.2, 0.25) is 5.95 Å². The molecular formula is C14H26N4. The quantitative estimate of drug-likeness (QED) is 0.868. The van der Waals surface area contributed by atoms with Gasteiger partial charge in [0.05, 0.1) is 5.69 Å². The lowest BCUT2D eigenvalue weighted by molar-refractivity contribution is 0.472. The number of imidazole rings is 1. The molecule has 1 fully saturated rings. The van der Waals surface area contributed by atoms with Crippen LogP contribution >= 0.6 is 0 Å². The van der Waals surface area contributed by atoms with Crippen LogP contribution in [0.2, 0.25) is 0 Å². The highest BCUT2D eigenvalue weighted by molar-refractivity contribution is 5.35. The molecule has 0 aliphatic carbocycles. The molecule has 0 bridgehead atoms. The second kappa shape index (κ2) is 6.23. The largest absolute Gasteiger partial charge is 0.339 e. The summed E-state index contributed by atoms with van der Waals surface area (Å²) in [4.78, 5) is 7.23. The highest BCUT2D eigenvalue weighted by Crippen LogP contribution is 2.17. The van der Waals surface area contributed by atoms with E-state index >= 15 is 0 Å². The van der Waals surface area contributed by atoms with Crippen molar-refractivity contribution in [3.63, 3.8) is 0 Å². The maximum absolute atomic E-state index is 4.80. The summed E-state index contributed by atoms with van der Waals surface area (Å²) in [5.41, 5.74) is 1.22. The van der Waals surface area contributed by atoms with E-state index in [0.29, 0.717) is 6.04 Å². The van der Waals surface area contributed by atoms with Crippen LogP contribution in [-0.4, -0.2) is 35.2 Å². The van der Waals surface area contributed by atoms with Gasteiger partial charge in [0.1, 0.15) is 0 Å². The molecular weight excluding hydrogens is 224 g/mol. The number of nitrogens with one attached hydrogen (secondary N) is 1. The number of unbranched alkanes of at least 4 members (excludes halogenated alkanes) is 1. The minimum absolute atomic E-state index is 0.556. The molecule has 4 nitrogen and oxygen atoms in total. The van der Waals surface area contributed by atoms with Crippen LogP contribution in [0.4, 0.5) is 5.95 Å². The Hall–Kier alpha value is -1.03. The molecule has 1 aliphatic heterocycles. The average Bonchev–Trinajstić information content (AvgIpc) is 2.79. The summed E-state index contributed by atoms with van der Waals surface area (Å²) in [5.74, 6) is 1.17. The number of hydrogen-bond acceptors (Lipinski definition) is 3. The lowest BCUT2D eigenvalue weighted by atomic mass is 10.2. The van der Waals surface area contributed by atoms with Crippen LogP contribution in [0.25, 0.3) is 0 Å². The molecule has 2 heterocycles. The summed E-state index contributed by atoms with van der Waals surface area (Å²) in [7, 11) is 0. The Labute approximate surface area is 110 Å². The van der Waals surface area contributed by atoms with Gasteiger partial charge in [-0.3, -0.25) is 0 Å². The predicted octanol–water partition coefficient (Wildman–Crippen LogP) is 2.04. The highest BCUT2D eigenvalue weighted by atomic mass is 15.3. The van der Waals surface area contributed by atoms with Gasteiger partial charge in [-0.25, -0.2) is 4.98 Å². The second-order valence-electron chi connectivity index (χ2n) is 5.23. The summed E-state index contributed by atoms with van der Waals surface area (Å²) < 4.78 is 2.35. The fraction of sp³-hybridized carbons (Fsp3) is 0.786. The number of rotatable bonds is 5. The topological polar surface area (TPSA) is 33.1 Å². The van der Waals surface area contributed by atoms with Gasteiger partial charge < -0.3 is 14.8 Å². The van der Waals surface area contributed by atoms with Crippen LogP contribution in [0.5, 0.6) is 0 Å². The van der Waals surface area contributed by atoms with Crippen LogP contribution in [0.15, 0.2) is 6.20 Å². The summed E-state index contributed by atoms with van der Waals surface area (Å²) in [6, 6.07) is 0.556. The fourth-order valence-corrected chi connectivity index (χ4v) is 2.49. The van der Waals surface area contributed by atoms with Crippen molar-refractivity contribution in [3.8, 4) is 0 Å². The first-order chi connectivity index (χ1) is 8.74. The van der Waals surface area contributed by atoms with Crippen LogP contribution in [0, 0.1) is 0 Å². The van der Waals surface area contributed by atoms with Gasteiger partial charge in [-0.05, 0) is 19.8 Å². The molecule has 1 N–H and O–H groups in total. The van der Waals surface area contributed by atoms with Crippen molar-refractivity contribution < 1.29 is 0 Å². The van der Waals surface area contributed by atoms with Crippen molar-refractivity contribution in [2.24, 2.45) is 0 Å². The Morgan fingerprint density at radius 2 is 2.28 bits per heavy atom. The SMILES string of the molecule is CCCCn1cc(CC)nc1N1CCNC(C)C1. The number of hydrogen-bond donors (Lipinski definition) is 1. The van der Waals surface area contributed by atoms with Crippen molar-refractivity contribution in [3.05, 3.63) is 11.9 Å². The van der Waals surface area contributed by atoms with Crippen LogP contribution in [-0.2, 0) is 13.0 Å². The normalized spacial score (nSPS) is 20.4. The zero-order valence-corrected chi connectivity index (χ0v) is 11.9. The molecule has 2 rings (SSSR count). The van der Waals surface area contributed by atoms with Gasteiger partial charge in [0, 0.05) is 38.4 Å². The molecule has 0 radical (unpaired) electrons. The molecule has 102 valence electrons. The van der Waals surface area contributed by atoms with Crippen LogP contribution in [0.3, 0.4) is 0 Å². The van der Waals surface area contributed by atoms with Crippen molar-refractivity contribution in [1.29, 1.82) is 0 Å². The number of aryl methyl sites for hydroxylation is 2. The summed E-state index contributed by atoms with van der Waals surface area (Å²) in [5, 5.41) is 3.49. The van der Waals surface area contributed by atoms with Crippen molar-refractivity contribution in [2.75, 3.05) is 24.5 Å². The first-order valence-electron chi connectivity index (χ1n) is 7.29. The first kappa shape index (κ1) is 13.4. The Kier molecular flexibility index (Phi) is 4.64. The van der Waals surface area contributed by atoms with Crippen LogP contribution < -0.4 is 10.2 Å². The zero-order valence-electron chi connectivity index (χ0n) is 11.9. The maximum Gasteiger partial charge on any atom is 0.205 e. The number of aromatic nitrogens is 2. The van der Waals surface area contributed by atoms with Crippen LogP contribution in [0.1, 0.15) is 39.3 Å². The molecule has 0 saturated carbocycles. The second-order valence-corrected chi connectivity index (χ2v) is 5.23. The van der Waals surface area contributed by atoms with Gasteiger partial charge in [-0.15, -0.1) is 0 Å². The van der Waals surface area contributed by atoms with E-state index in [0.717, 1.165) is 32.6 Å². The molecule has 1 aromatic rings. The molecule has 1 aromatic heterocycles. The summed E-state index contributed by atoms with van der Waals surface area (Å²) >= 11 is 0. The van der Waals surface area contributed by atoms with Crippen molar-refractivity contribution >= 4 is 5.95 Å². The van der Waals surface area contributed by atoms with E-state index in [9.17, 15) is 0 Å². The molecule has 1 atom stereocenters. The summed E-state index contributed by atoms with van der Waals surface area (Å²) in [6.45, 7) is 10.9. The smallest absolute Gasteiger partial charge is 0.205 e. The first-order valence-corrected chi connectivity index (χ1v) is 7.29. The average molecular weight is 250 g/mol. The monoisotopic (exact) mass is 250 g/mol. The van der Waals surface area contributed by atoms with E-state index in [1.54, 1.807) is 0 Å². The van der Waals surface area contributed by atoms with E-state index in [1.807, 2.05) is 0 Å².